The van der Waals surface area contributed by atoms with Crippen LogP contribution in [-0.4, -0.2) is 0 Å². The van der Waals surface area contributed by atoms with E-state index in [2.05, 4.69) is 54.9 Å². The highest BCUT2D eigenvalue weighted by Gasteiger charge is 2.07. The fraction of sp³-hybridized carbons (Fsp3) is 0.591. The van der Waals surface area contributed by atoms with E-state index in [-0.39, 0.29) is 0 Å². The van der Waals surface area contributed by atoms with Gasteiger partial charge in [-0.1, -0.05) is 87.9 Å². The maximum absolute atomic E-state index is 9.01. The molecule has 0 unspecified atom stereocenters. The summed E-state index contributed by atoms with van der Waals surface area (Å²) in [5.74, 6) is 1.05. The Kier molecular flexibility index (Phi) is 12.7. The monoisotopic (exact) mass is 391 g/mol. The van der Waals surface area contributed by atoms with Crippen molar-refractivity contribution in [2.24, 2.45) is 5.92 Å². The molecule has 1 fully saturated rings. The second kappa shape index (κ2) is 13.2. The molecule has 0 aromatic heterocycles. The number of allylic oxidation sites excluding steroid dienone is 1. The van der Waals surface area contributed by atoms with Crippen molar-refractivity contribution in [3.8, 4) is 6.07 Å². The van der Waals surface area contributed by atoms with E-state index < -0.39 is 0 Å². The van der Waals surface area contributed by atoms with E-state index in [0.29, 0.717) is 0 Å². The summed E-state index contributed by atoms with van der Waals surface area (Å²) in [6, 6.07) is 6.25. The quantitative estimate of drug-likeness (QED) is 0.512. The molecule has 24 heavy (non-hydrogen) atoms. The predicted molar refractivity (Wildman–Crippen MR) is 111 cm³/mol. The first-order valence-corrected chi connectivity index (χ1v) is 10.2. The number of nitriles is 1. The number of aryl methyl sites for hydroxylation is 2. The molecule has 0 atom stereocenters. The van der Waals surface area contributed by atoms with Crippen molar-refractivity contribution in [1.29, 1.82) is 5.26 Å². The fourth-order valence-electron chi connectivity index (χ4n) is 2.74. The molecule has 0 aliphatic heterocycles. The summed E-state index contributed by atoms with van der Waals surface area (Å²) in [5, 5.41) is 9.01. The molecule has 1 aliphatic rings. The highest BCUT2D eigenvalue weighted by atomic mass is 79.9. The minimum absolute atomic E-state index is 0.752. The molecule has 0 amide bonds. The summed E-state index contributed by atoms with van der Waals surface area (Å²) in [6.45, 7) is 12.5. The third-order valence-corrected chi connectivity index (χ3v) is 4.96. The first kappa shape index (κ1) is 22.9. The third kappa shape index (κ3) is 8.15. The van der Waals surface area contributed by atoms with Crippen LogP contribution in [0.4, 0.5) is 0 Å². The van der Waals surface area contributed by atoms with Gasteiger partial charge in [-0.25, -0.2) is 0 Å². The molecule has 0 saturated heterocycles. The van der Waals surface area contributed by atoms with Crippen LogP contribution in [0.1, 0.15) is 88.5 Å². The average Bonchev–Trinajstić information content (AvgIpc) is 3.06. The van der Waals surface area contributed by atoms with E-state index in [1.807, 2.05) is 26.8 Å². The highest BCUT2D eigenvalue weighted by molar-refractivity contribution is 9.15. The Morgan fingerprint density at radius 2 is 1.79 bits per heavy atom. The molecule has 0 radical (unpaired) electrons. The predicted octanol–water partition coefficient (Wildman–Crippen LogP) is 7.93. The number of rotatable bonds is 3. The number of nitrogens with zero attached hydrogens (tertiary/aromatic N) is 1. The third-order valence-electron chi connectivity index (χ3n) is 4.21. The fourth-order valence-corrected chi connectivity index (χ4v) is 3.40. The molecule has 0 heterocycles. The van der Waals surface area contributed by atoms with Crippen LogP contribution in [-0.2, 0) is 0 Å². The van der Waals surface area contributed by atoms with Crippen LogP contribution >= 0.6 is 15.9 Å². The maximum atomic E-state index is 9.01. The van der Waals surface area contributed by atoms with Gasteiger partial charge >= 0.3 is 0 Å². The number of benzene rings is 1. The van der Waals surface area contributed by atoms with Gasteiger partial charge in [-0.15, -0.1) is 0 Å². The minimum atomic E-state index is 0.752. The molecular formula is C22H34BrN. The standard InChI is InChI=1S/C14H16BrN.C6H12.C2H6/c1-4-5-6-14(15)13-8-12(9-16)10(2)7-11(13)3;1-6-4-2-3-5-6;1-2/h6-8H,4-5H2,1-3H3;6H,2-5H2,1H3;1-2H3/b14-6+;;. The molecule has 1 aliphatic carbocycles. The van der Waals surface area contributed by atoms with Crippen LogP contribution in [0.15, 0.2) is 18.2 Å². The molecule has 1 aromatic carbocycles. The van der Waals surface area contributed by atoms with Gasteiger partial charge in [0.25, 0.3) is 0 Å². The lowest BCUT2D eigenvalue weighted by Crippen LogP contribution is -1.90. The Morgan fingerprint density at radius 1 is 1.21 bits per heavy atom. The number of hydrogen-bond donors (Lipinski definition) is 0. The molecule has 2 heteroatoms. The summed E-state index contributed by atoms with van der Waals surface area (Å²) >= 11 is 3.58. The van der Waals surface area contributed by atoms with Crippen LogP contribution in [0.2, 0.25) is 0 Å². The van der Waals surface area contributed by atoms with Crippen LogP contribution < -0.4 is 0 Å². The zero-order valence-electron chi connectivity index (χ0n) is 16.4. The lowest BCUT2D eigenvalue weighted by molar-refractivity contribution is 0.612. The lowest BCUT2D eigenvalue weighted by Gasteiger charge is -2.08. The zero-order chi connectivity index (χ0) is 18.5. The Morgan fingerprint density at radius 3 is 2.21 bits per heavy atom. The van der Waals surface area contributed by atoms with Gasteiger partial charge in [0.1, 0.15) is 0 Å². The zero-order valence-corrected chi connectivity index (χ0v) is 18.0. The molecule has 1 nitrogen and oxygen atoms in total. The summed E-state index contributed by atoms with van der Waals surface area (Å²) < 4.78 is 1.09. The molecule has 0 bridgehead atoms. The van der Waals surface area contributed by atoms with E-state index in [0.717, 1.165) is 39.9 Å². The van der Waals surface area contributed by atoms with Gasteiger partial charge in [0.05, 0.1) is 11.6 Å². The first-order chi connectivity index (χ1) is 11.5. The van der Waals surface area contributed by atoms with Gasteiger partial charge < -0.3 is 0 Å². The van der Waals surface area contributed by atoms with Crippen molar-refractivity contribution < 1.29 is 0 Å². The second-order valence-electron chi connectivity index (χ2n) is 6.32. The lowest BCUT2D eigenvalue weighted by atomic mass is 10.00. The summed E-state index contributed by atoms with van der Waals surface area (Å²) in [5.41, 5.74) is 4.12. The molecule has 1 aromatic rings. The van der Waals surface area contributed by atoms with Gasteiger partial charge in [0, 0.05) is 4.48 Å². The van der Waals surface area contributed by atoms with Crippen molar-refractivity contribution in [1.82, 2.24) is 0 Å². The largest absolute Gasteiger partial charge is 0.192 e. The van der Waals surface area contributed by atoms with Crippen molar-refractivity contribution >= 4 is 20.4 Å². The second-order valence-corrected chi connectivity index (χ2v) is 7.18. The smallest absolute Gasteiger partial charge is 0.0994 e. The van der Waals surface area contributed by atoms with E-state index >= 15 is 0 Å². The van der Waals surface area contributed by atoms with Crippen LogP contribution in [0, 0.1) is 31.1 Å². The number of hydrogen-bond acceptors (Lipinski definition) is 1. The van der Waals surface area contributed by atoms with Gasteiger partial charge in [-0.2, -0.15) is 5.26 Å². The van der Waals surface area contributed by atoms with Crippen molar-refractivity contribution in [3.63, 3.8) is 0 Å². The number of unbranched alkanes of at least 4 members (excludes halogenated alkanes) is 1. The Balaban J connectivity index is 0.000000547. The van der Waals surface area contributed by atoms with E-state index in [1.54, 1.807) is 0 Å². The van der Waals surface area contributed by atoms with Gasteiger partial charge in [-0.05, 0) is 48.9 Å². The summed E-state index contributed by atoms with van der Waals surface area (Å²) in [6.07, 6.45) is 10.3. The van der Waals surface area contributed by atoms with E-state index in [1.165, 1.54) is 31.2 Å². The van der Waals surface area contributed by atoms with Crippen LogP contribution in [0.3, 0.4) is 0 Å². The SMILES string of the molecule is CC.CC1CCCC1.CCC/C=C(/Br)c1cc(C#N)c(C)cc1C. The molecular weight excluding hydrogens is 358 g/mol. The van der Waals surface area contributed by atoms with Crippen molar-refractivity contribution in [2.75, 3.05) is 0 Å². The molecule has 1 saturated carbocycles. The average molecular weight is 392 g/mol. The topological polar surface area (TPSA) is 23.8 Å². The van der Waals surface area contributed by atoms with E-state index in [9.17, 15) is 0 Å². The molecule has 0 N–H and O–H groups in total. The van der Waals surface area contributed by atoms with Crippen molar-refractivity contribution in [3.05, 3.63) is 40.5 Å². The molecule has 134 valence electrons. The Hall–Kier alpha value is -1.07. The van der Waals surface area contributed by atoms with Gasteiger partial charge in [0.2, 0.25) is 0 Å². The molecule has 2 rings (SSSR count). The summed E-state index contributed by atoms with van der Waals surface area (Å²) in [7, 11) is 0. The van der Waals surface area contributed by atoms with Crippen LogP contribution in [0.5, 0.6) is 0 Å². The Labute approximate surface area is 158 Å². The van der Waals surface area contributed by atoms with Crippen LogP contribution in [0.25, 0.3) is 4.48 Å². The normalized spacial score (nSPS) is 14.2. The summed E-state index contributed by atoms with van der Waals surface area (Å²) in [4.78, 5) is 0. The van der Waals surface area contributed by atoms with E-state index in [4.69, 9.17) is 5.26 Å². The van der Waals surface area contributed by atoms with Crippen molar-refractivity contribution in [2.45, 2.75) is 80.1 Å². The minimum Gasteiger partial charge on any atom is -0.192 e. The Bertz CT molecular complexity index is 546. The maximum Gasteiger partial charge on any atom is 0.0994 e. The highest BCUT2D eigenvalue weighted by Crippen LogP contribution is 2.27. The number of halogens is 1. The van der Waals surface area contributed by atoms with Gasteiger partial charge in [-0.3, -0.25) is 0 Å². The van der Waals surface area contributed by atoms with Gasteiger partial charge in [0.15, 0.2) is 0 Å². The molecule has 0 spiro atoms. The first-order valence-electron chi connectivity index (χ1n) is 9.37.